The van der Waals surface area contributed by atoms with Gasteiger partial charge in [0.15, 0.2) is 22.5 Å². The van der Waals surface area contributed by atoms with Crippen molar-refractivity contribution < 1.29 is 19.0 Å². The predicted molar refractivity (Wildman–Crippen MR) is 111 cm³/mol. The number of carbonyl (C=O) groups excluding carboxylic acids is 1. The number of ether oxygens (including phenoxy) is 3. The van der Waals surface area contributed by atoms with E-state index in [1.54, 1.807) is 38.5 Å². The van der Waals surface area contributed by atoms with E-state index in [0.717, 1.165) is 25.2 Å². The third-order valence-electron chi connectivity index (χ3n) is 4.71. The van der Waals surface area contributed by atoms with Gasteiger partial charge in [-0.3, -0.25) is 4.79 Å². The van der Waals surface area contributed by atoms with Crippen LogP contribution in [0.3, 0.4) is 0 Å². The second-order valence-electron chi connectivity index (χ2n) is 6.70. The maximum atomic E-state index is 12.8. The Morgan fingerprint density at radius 2 is 2.07 bits per heavy atom. The highest BCUT2D eigenvalue weighted by Gasteiger charge is 2.27. The number of amides is 1. The number of hydrogen-bond acceptors (Lipinski definition) is 7. The Morgan fingerprint density at radius 3 is 2.79 bits per heavy atom. The number of halogens is 1. The Kier molecular flexibility index (Phi) is 7.48. The molecule has 2 aromatic rings. The Balaban J connectivity index is 1.64. The van der Waals surface area contributed by atoms with Crippen molar-refractivity contribution in [3.8, 4) is 11.5 Å². The van der Waals surface area contributed by atoms with Crippen LogP contribution in [0.25, 0.3) is 0 Å². The fraction of sp³-hybridized carbons (Fsp3) is 0.450. The average Bonchev–Trinajstić information content (AvgIpc) is 2.75. The van der Waals surface area contributed by atoms with Crippen LogP contribution in [0, 0.1) is 5.92 Å². The first-order valence-corrected chi connectivity index (χ1v) is 9.83. The maximum Gasteiger partial charge on any atom is 0.229 e. The van der Waals surface area contributed by atoms with Gasteiger partial charge in [0.25, 0.3) is 0 Å². The smallest absolute Gasteiger partial charge is 0.229 e. The van der Waals surface area contributed by atoms with E-state index in [4.69, 9.17) is 25.8 Å². The van der Waals surface area contributed by atoms with Gasteiger partial charge >= 0.3 is 0 Å². The lowest BCUT2D eigenvalue weighted by Crippen LogP contribution is -2.41. The van der Waals surface area contributed by atoms with Gasteiger partial charge < -0.3 is 24.4 Å². The van der Waals surface area contributed by atoms with Crippen LogP contribution in [0.15, 0.2) is 30.3 Å². The number of piperidine rings is 1. The number of methoxy groups -OCH3 is 2. The summed E-state index contributed by atoms with van der Waals surface area (Å²) in [6.45, 7) is 2.27. The molecule has 1 fully saturated rings. The first-order valence-electron chi connectivity index (χ1n) is 9.45. The van der Waals surface area contributed by atoms with E-state index < -0.39 is 0 Å². The molecule has 0 unspecified atom stereocenters. The minimum absolute atomic E-state index is 0.0374. The van der Waals surface area contributed by atoms with Crippen LogP contribution in [-0.4, -0.2) is 56.6 Å². The van der Waals surface area contributed by atoms with Crippen LogP contribution in [0.1, 0.15) is 12.8 Å². The van der Waals surface area contributed by atoms with Crippen molar-refractivity contribution in [3.05, 3.63) is 35.5 Å². The molecule has 1 aliphatic heterocycles. The zero-order valence-electron chi connectivity index (χ0n) is 16.6. The highest BCUT2D eigenvalue weighted by atomic mass is 35.5. The quantitative estimate of drug-likeness (QED) is 0.657. The summed E-state index contributed by atoms with van der Waals surface area (Å²) < 4.78 is 16.0. The van der Waals surface area contributed by atoms with E-state index in [2.05, 4.69) is 20.4 Å². The molecular weight excluding hydrogens is 396 g/mol. The van der Waals surface area contributed by atoms with E-state index in [1.807, 2.05) is 6.07 Å². The molecule has 3 rings (SSSR count). The van der Waals surface area contributed by atoms with Gasteiger partial charge in [0.2, 0.25) is 5.91 Å². The van der Waals surface area contributed by atoms with Gasteiger partial charge in [-0.2, -0.15) is 0 Å². The zero-order valence-corrected chi connectivity index (χ0v) is 17.3. The standard InChI is InChI=1S/C20H25ClN4O4/c1-27-10-11-29-17-12-15(5-6-16(17)28-2)22-20(26)14-4-3-9-25(13-14)19-8-7-18(21)23-24-19/h5-8,12,14H,3-4,9-11,13H2,1-2H3,(H,22,26)/t14-/m0/s1. The molecule has 0 bridgehead atoms. The largest absolute Gasteiger partial charge is 0.493 e. The average molecular weight is 421 g/mol. The lowest BCUT2D eigenvalue weighted by atomic mass is 9.97. The summed E-state index contributed by atoms with van der Waals surface area (Å²) in [7, 11) is 3.19. The van der Waals surface area contributed by atoms with Crippen LogP contribution in [0.5, 0.6) is 11.5 Å². The van der Waals surface area contributed by atoms with E-state index in [0.29, 0.717) is 42.1 Å². The summed E-state index contributed by atoms with van der Waals surface area (Å²) in [5, 5.41) is 11.3. The number of anilines is 2. The van der Waals surface area contributed by atoms with Gasteiger partial charge in [0.1, 0.15) is 6.61 Å². The fourth-order valence-corrected chi connectivity index (χ4v) is 3.32. The topological polar surface area (TPSA) is 85.8 Å². The molecule has 0 spiro atoms. The molecule has 1 atom stereocenters. The predicted octanol–water partition coefficient (Wildman–Crippen LogP) is 3.02. The molecule has 1 saturated heterocycles. The summed E-state index contributed by atoms with van der Waals surface area (Å²) in [4.78, 5) is 14.9. The number of nitrogens with zero attached hydrogens (tertiary/aromatic N) is 3. The van der Waals surface area contributed by atoms with E-state index in [-0.39, 0.29) is 11.8 Å². The SMILES string of the molecule is COCCOc1cc(NC(=O)[C@H]2CCCN(c3ccc(Cl)nn3)C2)ccc1OC. The molecule has 1 aromatic carbocycles. The highest BCUT2D eigenvalue weighted by molar-refractivity contribution is 6.29. The van der Waals surface area contributed by atoms with Crippen molar-refractivity contribution in [1.29, 1.82) is 0 Å². The van der Waals surface area contributed by atoms with Crippen molar-refractivity contribution in [2.75, 3.05) is 50.7 Å². The van der Waals surface area contributed by atoms with Crippen molar-refractivity contribution >= 4 is 29.0 Å². The first-order chi connectivity index (χ1) is 14.1. The van der Waals surface area contributed by atoms with Crippen molar-refractivity contribution in [3.63, 3.8) is 0 Å². The van der Waals surface area contributed by atoms with Crippen LogP contribution in [-0.2, 0) is 9.53 Å². The molecule has 8 nitrogen and oxygen atoms in total. The van der Waals surface area contributed by atoms with E-state index in [9.17, 15) is 4.79 Å². The molecule has 0 aliphatic carbocycles. The van der Waals surface area contributed by atoms with Gasteiger partial charge in [0.05, 0.1) is 19.6 Å². The molecule has 9 heteroatoms. The normalized spacial score (nSPS) is 16.4. The lowest BCUT2D eigenvalue weighted by molar-refractivity contribution is -0.120. The lowest BCUT2D eigenvalue weighted by Gasteiger charge is -2.32. The van der Waals surface area contributed by atoms with E-state index >= 15 is 0 Å². The van der Waals surface area contributed by atoms with Gasteiger partial charge in [-0.1, -0.05) is 11.6 Å². The first kappa shape index (κ1) is 21.1. The number of rotatable bonds is 8. The second kappa shape index (κ2) is 10.3. The van der Waals surface area contributed by atoms with Crippen LogP contribution in [0.4, 0.5) is 11.5 Å². The molecule has 156 valence electrons. The van der Waals surface area contributed by atoms with Gasteiger partial charge in [0, 0.05) is 32.0 Å². The summed E-state index contributed by atoms with van der Waals surface area (Å²) in [5.74, 6) is 1.70. The third kappa shape index (κ3) is 5.71. The molecule has 2 heterocycles. The molecule has 1 N–H and O–H groups in total. The summed E-state index contributed by atoms with van der Waals surface area (Å²) >= 11 is 5.81. The molecule has 29 heavy (non-hydrogen) atoms. The van der Waals surface area contributed by atoms with E-state index in [1.165, 1.54) is 0 Å². The van der Waals surface area contributed by atoms with Gasteiger partial charge in [-0.25, -0.2) is 0 Å². The molecular formula is C20H25ClN4O4. The minimum Gasteiger partial charge on any atom is -0.493 e. The molecule has 0 radical (unpaired) electrons. The van der Waals surface area contributed by atoms with Crippen molar-refractivity contribution in [2.24, 2.45) is 5.92 Å². The molecule has 0 saturated carbocycles. The number of nitrogens with one attached hydrogen (secondary N) is 1. The second-order valence-corrected chi connectivity index (χ2v) is 7.08. The van der Waals surface area contributed by atoms with Gasteiger partial charge in [-0.05, 0) is 37.1 Å². The number of benzene rings is 1. The van der Waals surface area contributed by atoms with Crippen molar-refractivity contribution in [1.82, 2.24) is 10.2 Å². The Hall–Kier alpha value is -2.58. The Labute approximate surface area is 175 Å². The summed E-state index contributed by atoms with van der Waals surface area (Å²) in [6.07, 6.45) is 1.72. The molecule has 1 aliphatic rings. The number of aromatic nitrogens is 2. The van der Waals surface area contributed by atoms with Crippen LogP contribution in [0.2, 0.25) is 5.15 Å². The summed E-state index contributed by atoms with van der Waals surface area (Å²) in [6, 6.07) is 8.86. The minimum atomic E-state index is -0.152. The summed E-state index contributed by atoms with van der Waals surface area (Å²) in [5.41, 5.74) is 0.659. The fourth-order valence-electron chi connectivity index (χ4n) is 3.22. The zero-order chi connectivity index (χ0) is 20.6. The Morgan fingerprint density at radius 1 is 1.21 bits per heavy atom. The van der Waals surface area contributed by atoms with Gasteiger partial charge in [-0.15, -0.1) is 10.2 Å². The third-order valence-corrected chi connectivity index (χ3v) is 4.91. The monoisotopic (exact) mass is 420 g/mol. The van der Waals surface area contributed by atoms with Crippen LogP contribution < -0.4 is 19.7 Å². The Bertz CT molecular complexity index is 819. The highest BCUT2D eigenvalue weighted by Crippen LogP contribution is 2.31. The van der Waals surface area contributed by atoms with Crippen LogP contribution >= 0.6 is 11.6 Å². The number of hydrogen-bond donors (Lipinski definition) is 1. The number of carbonyl (C=O) groups is 1. The maximum absolute atomic E-state index is 12.8. The van der Waals surface area contributed by atoms with Crippen molar-refractivity contribution in [2.45, 2.75) is 12.8 Å². The molecule has 1 aromatic heterocycles. The molecule has 1 amide bonds.